The van der Waals surface area contributed by atoms with E-state index in [0.717, 1.165) is 11.3 Å². The number of hydrogen-bond donors (Lipinski definition) is 1. The molecule has 0 aliphatic heterocycles. The zero-order chi connectivity index (χ0) is 16.5. The lowest BCUT2D eigenvalue weighted by atomic mass is 10.2. The molecule has 0 spiro atoms. The maximum Gasteiger partial charge on any atom is 0.318 e. The monoisotopic (exact) mass is 314 g/mol. The van der Waals surface area contributed by atoms with Crippen LogP contribution >= 0.6 is 0 Å². The van der Waals surface area contributed by atoms with Crippen molar-refractivity contribution in [1.29, 1.82) is 0 Å². The van der Waals surface area contributed by atoms with E-state index in [1.165, 1.54) is 0 Å². The fourth-order valence-corrected chi connectivity index (χ4v) is 2.15. The third-order valence-corrected chi connectivity index (χ3v) is 3.42. The smallest absolute Gasteiger partial charge is 0.318 e. The Morgan fingerprint density at radius 1 is 1.30 bits per heavy atom. The highest BCUT2D eigenvalue weighted by molar-refractivity contribution is 5.74. The molecule has 0 saturated carbocycles. The Morgan fingerprint density at radius 2 is 2.17 bits per heavy atom. The lowest BCUT2D eigenvalue weighted by Crippen LogP contribution is -2.42. The number of hydrogen-bond acceptors (Lipinski definition) is 4. The quantitative estimate of drug-likeness (QED) is 0.852. The SMILES string of the molecule is COCCN(Cc1cccnc1)C(=O)N[C@@H](C)c1ccccn1. The molecule has 0 radical (unpaired) electrons. The third kappa shape index (κ3) is 5.34. The van der Waals surface area contributed by atoms with Gasteiger partial charge in [-0.25, -0.2) is 4.79 Å². The molecular formula is C17H22N4O2. The van der Waals surface area contributed by atoms with Crippen LogP contribution in [0.1, 0.15) is 24.2 Å². The second-order valence-electron chi connectivity index (χ2n) is 5.20. The summed E-state index contributed by atoms with van der Waals surface area (Å²) in [7, 11) is 1.62. The summed E-state index contributed by atoms with van der Waals surface area (Å²) in [5.74, 6) is 0. The molecule has 2 amide bonds. The molecular weight excluding hydrogens is 292 g/mol. The average Bonchev–Trinajstić information content (AvgIpc) is 2.60. The number of ether oxygens (including phenoxy) is 1. The minimum atomic E-state index is -0.164. The van der Waals surface area contributed by atoms with Crippen molar-refractivity contribution in [2.24, 2.45) is 0 Å². The average molecular weight is 314 g/mol. The summed E-state index contributed by atoms with van der Waals surface area (Å²) in [5, 5.41) is 2.97. The predicted molar refractivity (Wildman–Crippen MR) is 87.7 cm³/mol. The molecule has 0 fully saturated rings. The fourth-order valence-electron chi connectivity index (χ4n) is 2.15. The molecule has 23 heavy (non-hydrogen) atoms. The maximum atomic E-state index is 12.5. The minimum absolute atomic E-state index is 0.149. The minimum Gasteiger partial charge on any atom is -0.383 e. The van der Waals surface area contributed by atoms with Crippen molar-refractivity contribution in [3.8, 4) is 0 Å². The lowest BCUT2D eigenvalue weighted by Gasteiger charge is -2.25. The number of rotatable bonds is 7. The topological polar surface area (TPSA) is 67.3 Å². The van der Waals surface area contributed by atoms with Gasteiger partial charge in [0.1, 0.15) is 0 Å². The van der Waals surface area contributed by atoms with Crippen molar-refractivity contribution in [1.82, 2.24) is 20.2 Å². The summed E-state index contributed by atoms with van der Waals surface area (Å²) in [6.45, 7) is 3.38. The van der Waals surface area contributed by atoms with Crippen LogP contribution in [0.4, 0.5) is 4.79 Å². The normalized spacial score (nSPS) is 11.7. The molecule has 0 bridgehead atoms. The van der Waals surface area contributed by atoms with E-state index in [1.807, 2.05) is 37.3 Å². The van der Waals surface area contributed by atoms with E-state index in [2.05, 4.69) is 15.3 Å². The zero-order valence-electron chi connectivity index (χ0n) is 13.5. The number of nitrogens with zero attached hydrogens (tertiary/aromatic N) is 3. The van der Waals surface area contributed by atoms with E-state index < -0.39 is 0 Å². The van der Waals surface area contributed by atoms with Gasteiger partial charge >= 0.3 is 6.03 Å². The van der Waals surface area contributed by atoms with Crippen LogP contribution in [0.5, 0.6) is 0 Å². The van der Waals surface area contributed by atoms with E-state index in [1.54, 1.807) is 30.6 Å². The second-order valence-corrected chi connectivity index (χ2v) is 5.20. The van der Waals surface area contributed by atoms with Gasteiger partial charge in [-0.1, -0.05) is 12.1 Å². The van der Waals surface area contributed by atoms with Gasteiger partial charge in [0, 0.05) is 38.8 Å². The molecule has 122 valence electrons. The van der Waals surface area contributed by atoms with E-state index >= 15 is 0 Å². The molecule has 1 atom stereocenters. The molecule has 0 aromatic carbocycles. The largest absolute Gasteiger partial charge is 0.383 e. The Bertz CT molecular complexity index is 592. The molecule has 2 rings (SSSR count). The Morgan fingerprint density at radius 3 is 2.83 bits per heavy atom. The summed E-state index contributed by atoms with van der Waals surface area (Å²) < 4.78 is 5.10. The van der Waals surface area contributed by atoms with Crippen LogP contribution in [0.15, 0.2) is 48.9 Å². The number of aromatic nitrogens is 2. The molecule has 0 aliphatic rings. The van der Waals surface area contributed by atoms with E-state index in [9.17, 15) is 4.79 Å². The van der Waals surface area contributed by atoms with E-state index in [-0.39, 0.29) is 12.1 Å². The molecule has 6 heteroatoms. The van der Waals surface area contributed by atoms with Gasteiger partial charge in [0.2, 0.25) is 0 Å². The van der Waals surface area contributed by atoms with Gasteiger partial charge in [0.15, 0.2) is 0 Å². The van der Waals surface area contributed by atoms with Crippen LogP contribution in [-0.2, 0) is 11.3 Å². The third-order valence-electron chi connectivity index (χ3n) is 3.42. The molecule has 1 N–H and O–H groups in total. The Balaban J connectivity index is 2.01. The molecule has 0 aliphatic carbocycles. The Labute approximate surface area is 136 Å². The van der Waals surface area contributed by atoms with Gasteiger partial charge in [-0.2, -0.15) is 0 Å². The van der Waals surface area contributed by atoms with Crippen LogP contribution in [0.25, 0.3) is 0 Å². The fraction of sp³-hybridized carbons (Fsp3) is 0.353. The predicted octanol–water partition coefficient (Wildman–Crippen LogP) is 2.40. The number of carbonyl (C=O) groups is 1. The number of nitrogens with one attached hydrogen (secondary N) is 1. The number of carbonyl (C=O) groups excluding carboxylic acids is 1. The van der Waals surface area contributed by atoms with Gasteiger partial charge in [-0.3, -0.25) is 9.97 Å². The Kier molecular flexibility index (Phi) is 6.50. The van der Waals surface area contributed by atoms with Crippen LogP contribution in [0.2, 0.25) is 0 Å². The van der Waals surface area contributed by atoms with Gasteiger partial charge < -0.3 is 15.0 Å². The molecule has 0 unspecified atom stereocenters. The highest BCUT2D eigenvalue weighted by atomic mass is 16.5. The molecule has 2 heterocycles. The van der Waals surface area contributed by atoms with Gasteiger partial charge in [-0.05, 0) is 30.7 Å². The van der Waals surface area contributed by atoms with Crippen molar-refractivity contribution in [2.45, 2.75) is 19.5 Å². The lowest BCUT2D eigenvalue weighted by molar-refractivity contribution is 0.145. The van der Waals surface area contributed by atoms with Gasteiger partial charge in [-0.15, -0.1) is 0 Å². The Hall–Kier alpha value is -2.47. The first kappa shape index (κ1) is 16.9. The second kappa shape index (κ2) is 8.85. The first-order valence-corrected chi connectivity index (χ1v) is 7.55. The van der Waals surface area contributed by atoms with Crippen molar-refractivity contribution in [3.63, 3.8) is 0 Å². The first-order valence-electron chi connectivity index (χ1n) is 7.55. The summed E-state index contributed by atoms with van der Waals surface area (Å²) >= 11 is 0. The summed E-state index contributed by atoms with van der Waals surface area (Å²) in [4.78, 5) is 22.6. The van der Waals surface area contributed by atoms with Crippen molar-refractivity contribution in [3.05, 3.63) is 60.2 Å². The number of pyridine rings is 2. The molecule has 6 nitrogen and oxygen atoms in total. The van der Waals surface area contributed by atoms with Crippen molar-refractivity contribution in [2.75, 3.05) is 20.3 Å². The van der Waals surface area contributed by atoms with Crippen molar-refractivity contribution < 1.29 is 9.53 Å². The summed E-state index contributed by atoms with van der Waals surface area (Å²) in [5.41, 5.74) is 1.80. The number of methoxy groups -OCH3 is 1. The van der Waals surface area contributed by atoms with E-state index in [0.29, 0.717) is 19.7 Å². The summed E-state index contributed by atoms with van der Waals surface area (Å²) in [6, 6.07) is 9.15. The van der Waals surface area contributed by atoms with Gasteiger partial charge in [0.25, 0.3) is 0 Å². The first-order chi connectivity index (χ1) is 11.2. The zero-order valence-corrected chi connectivity index (χ0v) is 13.5. The van der Waals surface area contributed by atoms with Gasteiger partial charge in [0.05, 0.1) is 18.3 Å². The van der Waals surface area contributed by atoms with Crippen LogP contribution in [0.3, 0.4) is 0 Å². The van der Waals surface area contributed by atoms with Crippen LogP contribution in [-0.4, -0.2) is 41.2 Å². The highest BCUT2D eigenvalue weighted by Crippen LogP contribution is 2.10. The number of amides is 2. The molecule has 2 aromatic rings. The molecule has 2 aromatic heterocycles. The molecule has 0 saturated heterocycles. The number of urea groups is 1. The highest BCUT2D eigenvalue weighted by Gasteiger charge is 2.17. The van der Waals surface area contributed by atoms with Crippen LogP contribution in [0, 0.1) is 0 Å². The van der Waals surface area contributed by atoms with Crippen LogP contribution < -0.4 is 5.32 Å². The standard InChI is InChI=1S/C17H22N4O2/c1-14(16-7-3-4-9-19-16)20-17(22)21(10-11-23-2)13-15-6-5-8-18-12-15/h3-9,12,14H,10-11,13H2,1-2H3,(H,20,22)/t14-/m0/s1. The summed E-state index contributed by atoms with van der Waals surface area (Å²) in [6.07, 6.45) is 5.19. The van der Waals surface area contributed by atoms with Crippen molar-refractivity contribution >= 4 is 6.03 Å². The maximum absolute atomic E-state index is 12.5. The van der Waals surface area contributed by atoms with E-state index in [4.69, 9.17) is 4.74 Å².